The van der Waals surface area contributed by atoms with E-state index in [2.05, 4.69) is 84.8 Å². The van der Waals surface area contributed by atoms with Crippen molar-refractivity contribution in [3.63, 3.8) is 0 Å². The highest BCUT2D eigenvalue weighted by atomic mass is 32.1. The normalized spacial score (nSPS) is 20.0. The molecule has 0 bridgehead atoms. The second-order valence-electron chi connectivity index (χ2n) is 7.63. The molecule has 1 aliphatic rings. The molecule has 0 saturated carbocycles. The third kappa shape index (κ3) is 6.30. The van der Waals surface area contributed by atoms with E-state index in [4.69, 9.17) is 17.0 Å². The van der Waals surface area contributed by atoms with Crippen LogP contribution in [0, 0.1) is 0 Å². The number of morpholine rings is 1. The highest BCUT2D eigenvalue weighted by Gasteiger charge is 2.21. The van der Waals surface area contributed by atoms with Crippen molar-refractivity contribution in [2.45, 2.75) is 52.5 Å². The van der Waals surface area contributed by atoms with Gasteiger partial charge in [0.2, 0.25) is 0 Å². The summed E-state index contributed by atoms with van der Waals surface area (Å²) >= 11 is 5.41. The van der Waals surface area contributed by atoms with Crippen LogP contribution in [0.25, 0.3) is 0 Å². The van der Waals surface area contributed by atoms with Gasteiger partial charge >= 0.3 is 0 Å². The van der Waals surface area contributed by atoms with Crippen LogP contribution in [-0.2, 0) is 24.2 Å². The molecule has 5 heteroatoms. The van der Waals surface area contributed by atoms with Gasteiger partial charge in [-0.15, -0.1) is 0 Å². The molecule has 2 atom stereocenters. The zero-order chi connectivity index (χ0) is 19.9. The van der Waals surface area contributed by atoms with Gasteiger partial charge in [0.05, 0.1) is 12.2 Å². The number of anilines is 1. The van der Waals surface area contributed by atoms with Crippen LogP contribution in [0.5, 0.6) is 0 Å². The standard InChI is InChI=1S/C23H31N3OS/c1-4-19-9-11-22(12-10-19)25-23(28)24-13-20-5-7-21(8-6-20)16-26-14-17(2)27-18(3)15-26/h5-12,17-18H,4,13-16H2,1-3H3,(H2,24,25,28). The van der Waals surface area contributed by atoms with E-state index in [1.807, 2.05) is 0 Å². The zero-order valence-electron chi connectivity index (χ0n) is 17.1. The molecule has 2 aromatic carbocycles. The molecule has 0 radical (unpaired) electrons. The molecule has 0 amide bonds. The second kappa shape index (κ2) is 10.0. The maximum atomic E-state index is 5.81. The van der Waals surface area contributed by atoms with E-state index in [0.717, 1.165) is 31.7 Å². The van der Waals surface area contributed by atoms with E-state index < -0.39 is 0 Å². The van der Waals surface area contributed by atoms with Gasteiger partial charge in [-0.1, -0.05) is 43.3 Å². The van der Waals surface area contributed by atoms with Crippen molar-refractivity contribution in [3.05, 3.63) is 65.2 Å². The predicted molar refractivity (Wildman–Crippen MR) is 121 cm³/mol. The number of hydrogen-bond acceptors (Lipinski definition) is 3. The Bertz CT molecular complexity index is 750. The van der Waals surface area contributed by atoms with Gasteiger partial charge in [0.15, 0.2) is 5.11 Å². The van der Waals surface area contributed by atoms with Gasteiger partial charge in [-0.2, -0.15) is 0 Å². The molecule has 1 saturated heterocycles. The van der Waals surface area contributed by atoms with Crippen molar-refractivity contribution in [1.29, 1.82) is 0 Å². The molecule has 2 aromatic rings. The molecular formula is C23H31N3OS. The lowest BCUT2D eigenvalue weighted by atomic mass is 10.1. The first-order valence-electron chi connectivity index (χ1n) is 10.1. The number of benzene rings is 2. The Morgan fingerprint density at radius 2 is 1.54 bits per heavy atom. The van der Waals surface area contributed by atoms with E-state index in [0.29, 0.717) is 23.9 Å². The monoisotopic (exact) mass is 397 g/mol. The van der Waals surface area contributed by atoms with E-state index in [1.54, 1.807) is 0 Å². The highest BCUT2D eigenvalue weighted by Crippen LogP contribution is 2.15. The fraction of sp³-hybridized carbons (Fsp3) is 0.435. The molecule has 1 fully saturated rings. The maximum Gasteiger partial charge on any atom is 0.171 e. The number of ether oxygens (including phenoxy) is 1. The second-order valence-corrected chi connectivity index (χ2v) is 8.03. The SMILES string of the molecule is CCc1ccc(NC(=S)NCc2ccc(CN3CC(C)OC(C)C3)cc2)cc1. The lowest BCUT2D eigenvalue weighted by molar-refractivity contribution is -0.0704. The van der Waals surface area contributed by atoms with Gasteiger partial charge in [-0.05, 0) is 61.3 Å². The molecule has 4 nitrogen and oxygen atoms in total. The van der Waals surface area contributed by atoms with Crippen molar-refractivity contribution in [3.8, 4) is 0 Å². The predicted octanol–water partition coefficient (Wildman–Crippen LogP) is 4.34. The lowest BCUT2D eigenvalue weighted by Crippen LogP contribution is -2.44. The van der Waals surface area contributed by atoms with Crippen LogP contribution < -0.4 is 10.6 Å². The van der Waals surface area contributed by atoms with Gasteiger partial charge in [0.1, 0.15) is 0 Å². The number of aryl methyl sites for hydroxylation is 1. The molecule has 1 aliphatic heterocycles. The Labute approximate surface area is 174 Å². The van der Waals surface area contributed by atoms with Gasteiger partial charge < -0.3 is 15.4 Å². The van der Waals surface area contributed by atoms with Crippen LogP contribution in [-0.4, -0.2) is 35.3 Å². The molecule has 1 heterocycles. The van der Waals surface area contributed by atoms with Crippen molar-refractivity contribution in [2.24, 2.45) is 0 Å². The summed E-state index contributed by atoms with van der Waals surface area (Å²) in [6.45, 7) is 10.1. The Morgan fingerprint density at radius 1 is 0.964 bits per heavy atom. The molecule has 0 spiro atoms. The Kier molecular flexibility index (Phi) is 7.43. The first-order valence-corrected chi connectivity index (χ1v) is 10.5. The van der Waals surface area contributed by atoms with Gasteiger partial charge in [0, 0.05) is 31.9 Å². The summed E-state index contributed by atoms with van der Waals surface area (Å²) in [5.41, 5.74) is 4.89. The molecular weight excluding hydrogens is 366 g/mol. The Balaban J connectivity index is 1.45. The summed E-state index contributed by atoms with van der Waals surface area (Å²) in [7, 11) is 0. The molecule has 150 valence electrons. The van der Waals surface area contributed by atoms with E-state index >= 15 is 0 Å². The van der Waals surface area contributed by atoms with Crippen molar-refractivity contribution in [1.82, 2.24) is 10.2 Å². The number of nitrogens with zero attached hydrogens (tertiary/aromatic N) is 1. The number of nitrogens with one attached hydrogen (secondary N) is 2. The first kappa shape index (κ1) is 20.8. The summed E-state index contributed by atoms with van der Waals surface area (Å²) < 4.78 is 5.81. The third-order valence-electron chi connectivity index (χ3n) is 5.00. The van der Waals surface area contributed by atoms with Gasteiger partial charge in [-0.25, -0.2) is 0 Å². The smallest absolute Gasteiger partial charge is 0.171 e. The van der Waals surface area contributed by atoms with Gasteiger partial charge in [0.25, 0.3) is 0 Å². The number of thiocarbonyl (C=S) groups is 1. The average molecular weight is 398 g/mol. The minimum Gasteiger partial charge on any atom is -0.373 e. The fourth-order valence-electron chi connectivity index (χ4n) is 3.62. The van der Waals surface area contributed by atoms with Crippen molar-refractivity contribution < 1.29 is 4.74 Å². The molecule has 0 aliphatic carbocycles. The van der Waals surface area contributed by atoms with Gasteiger partial charge in [-0.3, -0.25) is 4.90 Å². The summed E-state index contributed by atoms with van der Waals surface area (Å²) in [5, 5.41) is 7.16. The van der Waals surface area contributed by atoms with E-state index in [-0.39, 0.29) is 0 Å². The molecule has 2 unspecified atom stereocenters. The topological polar surface area (TPSA) is 36.5 Å². The van der Waals surface area contributed by atoms with E-state index in [9.17, 15) is 0 Å². The van der Waals surface area contributed by atoms with Crippen LogP contribution >= 0.6 is 12.2 Å². The van der Waals surface area contributed by atoms with Crippen LogP contribution in [0.3, 0.4) is 0 Å². The molecule has 28 heavy (non-hydrogen) atoms. The Hall–Kier alpha value is -1.95. The number of hydrogen-bond donors (Lipinski definition) is 2. The van der Waals surface area contributed by atoms with Crippen LogP contribution in [0.2, 0.25) is 0 Å². The van der Waals surface area contributed by atoms with Crippen LogP contribution in [0.15, 0.2) is 48.5 Å². The molecule has 2 N–H and O–H groups in total. The zero-order valence-corrected chi connectivity index (χ0v) is 17.9. The molecule has 3 rings (SSSR count). The summed E-state index contributed by atoms with van der Waals surface area (Å²) in [5.74, 6) is 0. The maximum absolute atomic E-state index is 5.81. The first-order chi connectivity index (χ1) is 13.5. The minimum atomic E-state index is 0.305. The highest BCUT2D eigenvalue weighted by molar-refractivity contribution is 7.80. The van der Waals surface area contributed by atoms with Crippen LogP contribution in [0.1, 0.15) is 37.5 Å². The average Bonchev–Trinajstić information content (AvgIpc) is 2.67. The quantitative estimate of drug-likeness (QED) is 0.709. The third-order valence-corrected chi connectivity index (χ3v) is 5.24. The van der Waals surface area contributed by atoms with Crippen molar-refractivity contribution >= 4 is 23.0 Å². The minimum absolute atomic E-state index is 0.305. The van der Waals surface area contributed by atoms with Crippen LogP contribution in [0.4, 0.5) is 5.69 Å². The lowest BCUT2D eigenvalue weighted by Gasteiger charge is -2.35. The molecule has 0 aromatic heterocycles. The summed E-state index contributed by atoms with van der Waals surface area (Å²) in [6, 6.07) is 17.1. The summed E-state index contributed by atoms with van der Waals surface area (Å²) in [4.78, 5) is 2.47. The van der Waals surface area contributed by atoms with Crippen molar-refractivity contribution in [2.75, 3.05) is 18.4 Å². The fourth-order valence-corrected chi connectivity index (χ4v) is 3.81. The summed E-state index contributed by atoms with van der Waals surface area (Å²) in [6.07, 6.45) is 1.65. The largest absolute Gasteiger partial charge is 0.373 e. The number of rotatable bonds is 6. The Morgan fingerprint density at radius 3 is 2.14 bits per heavy atom. The van der Waals surface area contributed by atoms with E-state index in [1.165, 1.54) is 16.7 Å².